The van der Waals surface area contributed by atoms with Crippen LogP contribution in [-0.2, 0) is 9.53 Å². The van der Waals surface area contributed by atoms with Crippen LogP contribution in [0.4, 0.5) is 4.79 Å². The van der Waals surface area contributed by atoms with Crippen molar-refractivity contribution in [3.8, 4) is 0 Å². The predicted molar refractivity (Wildman–Crippen MR) is 65.4 cm³/mol. The lowest BCUT2D eigenvalue weighted by Crippen LogP contribution is -2.39. The number of rotatable bonds is 10. The first-order valence-electron chi connectivity index (χ1n) is 6.08. The second kappa shape index (κ2) is 10.8. The fourth-order valence-electron chi connectivity index (χ4n) is 1.09. The number of urea groups is 1. The molecule has 0 spiro atoms. The number of carboxylic acids is 1. The number of ether oxygens (including phenoxy) is 1. The molecule has 0 aromatic heterocycles. The Balaban J connectivity index is 3.35. The molecule has 0 rings (SSSR count). The molecular weight excluding hydrogens is 240 g/mol. The number of carboxylic acid groups (broad SMARTS) is 1. The quantitative estimate of drug-likeness (QED) is 0.412. The van der Waals surface area contributed by atoms with Gasteiger partial charge >= 0.3 is 12.0 Å². The standard InChI is InChI=1S/C11H22N2O5/c1-2-3-7-18-8-6-13-11(17)12-5-4-9(14)10(15)16/h9,14H,2-8H2,1H3,(H,15,16)(H2,12,13,17). The molecule has 2 amide bonds. The van der Waals surface area contributed by atoms with Crippen LogP contribution < -0.4 is 10.6 Å². The van der Waals surface area contributed by atoms with Crippen LogP contribution in [0, 0.1) is 0 Å². The first-order chi connectivity index (χ1) is 8.57. The predicted octanol–water partition coefficient (Wildman–Crippen LogP) is -0.0621. The van der Waals surface area contributed by atoms with Crippen molar-refractivity contribution in [3.05, 3.63) is 0 Å². The zero-order valence-electron chi connectivity index (χ0n) is 10.6. The van der Waals surface area contributed by atoms with Crippen molar-refractivity contribution in [1.29, 1.82) is 0 Å². The molecule has 0 aliphatic heterocycles. The summed E-state index contributed by atoms with van der Waals surface area (Å²) in [5.74, 6) is -1.29. The lowest BCUT2D eigenvalue weighted by atomic mass is 10.2. The fourth-order valence-corrected chi connectivity index (χ4v) is 1.09. The summed E-state index contributed by atoms with van der Waals surface area (Å²) in [7, 11) is 0. The van der Waals surface area contributed by atoms with Crippen LogP contribution in [0.25, 0.3) is 0 Å². The number of aliphatic carboxylic acids is 1. The smallest absolute Gasteiger partial charge is 0.332 e. The highest BCUT2D eigenvalue weighted by molar-refractivity contribution is 5.74. The van der Waals surface area contributed by atoms with E-state index in [1.54, 1.807) is 0 Å². The van der Waals surface area contributed by atoms with Gasteiger partial charge in [0.25, 0.3) is 0 Å². The van der Waals surface area contributed by atoms with Gasteiger partial charge in [0.15, 0.2) is 6.10 Å². The second-order valence-electron chi connectivity index (χ2n) is 3.79. The Kier molecular flexibility index (Phi) is 9.99. The van der Waals surface area contributed by atoms with Crippen molar-refractivity contribution in [1.82, 2.24) is 10.6 Å². The van der Waals surface area contributed by atoms with Crippen LogP contribution in [0.5, 0.6) is 0 Å². The van der Waals surface area contributed by atoms with Crippen LogP contribution in [0.15, 0.2) is 0 Å². The Morgan fingerprint density at radius 3 is 2.50 bits per heavy atom. The summed E-state index contributed by atoms with van der Waals surface area (Å²) in [6.45, 7) is 3.71. The largest absolute Gasteiger partial charge is 0.479 e. The van der Waals surface area contributed by atoms with Crippen LogP contribution in [0.2, 0.25) is 0 Å². The van der Waals surface area contributed by atoms with Gasteiger partial charge in [-0.3, -0.25) is 0 Å². The number of aliphatic hydroxyl groups is 1. The van der Waals surface area contributed by atoms with Gasteiger partial charge < -0.3 is 25.6 Å². The minimum atomic E-state index is -1.44. The third kappa shape index (κ3) is 9.86. The highest BCUT2D eigenvalue weighted by Crippen LogP contribution is 1.89. The van der Waals surface area contributed by atoms with Gasteiger partial charge in [0.05, 0.1) is 6.61 Å². The van der Waals surface area contributed by atoms with Crippen LogP contribution in [0.3, 0.4) is 0 Å². The Bertz CT molecular complexity index is 248. The van der Waals surface area contributed by atoms with E-state index in [1.165, 1.54) is 0 Å². The van der Waals surface area contributed by atoms with Crippen LogP contribution >= 0.6 is 0 Å². The summed E-state index contributed by atoms with van der Waals surface area (Å²) in [6.07, 6.45) is 0.608. The summed E-state index contributed by atoms with van der Waals surface area (Å²) >= 11 is 0. The average molecular weight is 262 g/mol. The second-order valence-corrected chi connectivity index (χ2v) is 3.79. The lowest BCUT2D eigenvalue weighted by Gasteiger charge is -2.09. The molecule has 18 heavy (non-hydrogen) atoms. The van der Waals surface area contributed by atoms with Crippen molar-refractivity contribution in [2.75, 3.05) is 26.3 Å². The van der Waals surface area contributed by atoms with Crippen molar-refractivity contribution in [2.45, 2.75) is 32.3 Å². The van der Waals surface area contributed by atoms with Gasteiger partial charge in [0.1, 0.15) is 0 Å². The fraction of sp³-hybridized carbons (Fsp3) is 0.818. The average Bonchev–Trinajstić information content (AvgIpc) is 2.33. The Labute approximate surface area is 107 Å². The van der Waals surface area contributed by atoms with Crippen molar-refractivity contribution >= 4 is 12.0 Å². The van der Waals surface area contributed by atoms with E-state index < -0.39 is 18.1 Å². The van der Waals surface area contributed by atoms with Gasteiger partial charge in [-0.2, -0.15) is 0 Å². The molecule has 0 aliphatic rings. The van der Waals surface area contributed by atoms with E-state index in [9.17, 15) is 9.59 Å². The topological polar surface area (TPSA) is 108 Å². The monoisotopic (exact) mass is 262 g/mol. The molecule has 0 aliphatic carbocycles. The summed E-state index contributed by atoms with van der Waals surface area (Å²) < 4.78 is 5.24. The number of hydrogen-bond acceptors (Lipinski definition) is 4. The molecule has 0 aromatic rings. The van der Waals surface area contributed by atoms with Crippen molar-refractivity contribution in [3.63, 3.8) is 0 Å². The molecule has 7 nitrogen and oxygen atoms in total. The summed E-state index contributed by atoms with van der Waals surface area (Å²) in [5, 5.41) is 22.3. The highest BCUT2D eigenvalue weighted by atomic mass is 16.5. The number of carbonyl (C=O) groups is 2. The van der Waals surface area contributed by atoms with Gasteiger partial charge in [-0.15, -0.1) is 0 Å². The first kappa shape index (κ1) is 16.7. The molecule has 0 radical (unpaired) electrons. The summed E-state index contributed by atoms with van der Waals surface area (Å²) in [5.41, 5.74) is 0. The normalized spacial score (nSPS) is 11.9. The molecule has 0 fully saturated rings. The van der Waals surface area contributed by atoms with Gasteiger partial charge in [0, 0.05) is 26.1 Å². The molecule has 7 heteroatoms. The summed E-state index contributed by atoms with van der Waals surface area (Å²) in [4.78, 5) is 21.5. The van der Waals surface area contributed by atoms with E-state index in [-0.39, 0.29) is 13.0 Å². The molecular formula is C11H22N2O5. The third-order valence-electron chi connectivity index (χ3n) is 2.16. The Morgan fingerprint density at radius 2 is 1.89 bits per heavy atom. The number of hydrogen-bond donors (Lipinski definition) is 4. The zero-order chi connectivity index (χ0) is 13.8. The number of nitrogens with one attached hydrogen (secondary N) is 2. The van der Waals surface area contributed by atoms with Gasteiger partial charge in [-0.25, -0.2) is 9.59 Å². The number of amides is 2. The number of aliphatic hydroxyl groups excluding tert-OH is 1. The highest BCUT2D eigenvalue weighted by Gasteiger charge is 2.12. The molecule has 1 unspecified atom stereocenters. The maximum atomic E-state index is 11.2. The molecule has 0 aromatic carbocycles. The molecule has 4 N–H and O–H groups in total. The molecule has 0 heterocycles. The number of unbranched alkanes of at least 4 members (excludes halogenated alkanes) is 1. The van der Waals surface area contributed by atoms with E-state index in [0.29, 0.717) is 19.8 Å². The van der Waals surface area contributed by atoms with E-state index in [0.717, 1.165) is 12.8 Å². The van der Waals surface area contributed by atoms with E-state index >= 15 is 0 Å². The zero-order valence-corrected chi connectivity index (χ0v) is 10.6. The van der Waals surface area contributed by atoms with Crippen LogP contribution in [0.1, 0.15) is 26.2 Å². The third-order valence-corrected chi connectivity index (χ3v) is 2.16. The van der Waals surface area contributed by atoms with Crippen molar-refractivity contribution in [2.24, 2.45) is 0 Å². The lowest BCUT2D eigenvalue weighted by molar-refractivity contribution is -0.146. The first-order valence-corrected chi connectivity index (χ1v) is 6.08. The maximum Gasteiger partial charge on any atom is 0.332 e. The Hall–Kier alpha value is -1.34. The number of carbonyl (C=O) groups excluding carboxylic acids is 1. The molecule has 1 atom stereocenters. The Morgan fingerprint density at radius 1 is 1.22 bits per heavy atom. The van der Waals surface area contributed by atoms with Crippen LogP contribution in [-0.4, -0.2) is 54.6 Å². The van der Waals surface area contributed by atoms with Gasteiger partial charge in [0.2, 0.25) is 0 Å². The molecule has 0 saturated heterocycles. The van der Waals surface area contributed by atoms with Gasteiger partial charge in [-0.1, -0.05) is 13.3 Å². The summed E-state index contributed by atoms with van der Waals surface area (Å²) in [6, 6.07) is -0.397. The minimum absolute atomic E-state index is 0.0181. The van der Waals surface area contributed by atoms with Gasteiger partial charge in [-0.05, 0) is 6.42 Å². The maximum absolute atomic E-state index is 11.2. The molecule has 0 bridgehead atoms. The molecule has 106 valence electrons. The van der Waals surface area contributed by atoms with Crippen molar-refractivity contribution < 1.29 is 24.5 Å². The SMILES string of the molecule is CCCCOCCNC(=O)NCCC(O)C(=O)O. The minimum Gasteiger partial charge on any atom is -0.479 e. The van der Waals surface area contributed by atoms with E-state index in [2.05, 4.69) is 17.6 Å². The molecule has 0 saturated carbocycles. The van der Waals surface area contributed by atoms with E-state index in [4.69, 9.17) is 14.9 Å². The van der Waals surface area contributed by atoms with E-state index in [1.807, 2.05) is 0 Å².